The first-order chi connectivity index (χ1) is 6.36. The average Bonchev–Trinajstić information content (AvgIpc) is 2.72. The maximum atomic E-state index is 9.43. The molecule has 1 unspecified atom stereocenters. The summed E-state index contributed by atoms with van der Waals surface area (Å²) < 4.78 is 10.6. The lowest BCUT2D eigenvalue weighted by Gasteiger charge is -2.17. The van der Waals surface area contributed by atoms with Crippen molar-refractivity contribution in [2.24, 2.45) is 0 Å². The van der Waals surface area contributed by atoms with Gasteiger partial charge in [0.2, 0.25) is 0 Å². The van der Waals surface area contributed by atoms with E-state index in [4.69, 9.17) is 9.47 Å². The predicted molar refractivity (Wildman–Crippen MR) is 47.6 cm³/mol. The fourth-order valence-corrected chi connectivity index (χ4v) is 1.83. The van der Waals surface area contributed by atoms with Crippen LogP contribution in [0, 0.1) is 0 Å². The van der Waals surface area contributed by atoms with Gasteiger partial charge in [-0.1, -0.05) is 0 Å². The van der Waals surface area contributed by atoms with E-state index in [1.54, 1.807) is 0 Å². The fraction of sp³-hybridized carbons (Fsp3) is 1.00. The Hall–Kier alpha value is -0.160. The van der Waals surface area contributed by atoms with E-state index in [9.17, 15) is 5.11 Å². The van der Waals surface area contributed by atoms with Gasteiger partial charge in [-0.15, -0.1) is 0 Å². The minimum atomic E-state index is -0.346. The molecule has 3 atom stereocenters. The van der Waals surface area contributed by atoms with Crippen molar-refractivity contribution >= 4 is 0 Å². The molecule has 2 rings (SSSR count). The second-order valence-corrected chi connectivity index (χ2v) is 3.75. The third-order valence-corrected chi connectivity index (χ3v) is 2.68. The van der Waals surface area contributed by atoms with Crippen LogP contribution in [-0.2, 0) is 9.47 Å². The Kier molecular flexibility index (Phi) is 3.16. The monoisotopic (exact) mass is 187 g/mol. The molecule has 76 valence electrons. The number of ether oxygens (including phenoxy) is 2. The van der Waals surface area contributed by atoms with Crippen molar-refractivity contribution in [3.63, 3.8) is 0 Å². The zero-order chi connectivity index (χ0) is 9.10. The molecule has 2 heterocycles. The van der Waals surface area contributed by atoms with E-state index in [2.05, 4.69) is 5.32 Å². The Bertz CT molecular complexity index is 159. The molecule has 2 N–H and O–H groups in total. The molecule has 4 nitrogen and oxygen atoms in total. The summed E-state index contributed by atoms with van der Waals surface area (Å²) in [7, 11) is 0. The summed E-state index contributed by atoms with van der Waals surface area (Å²) in [5.74, 6) is 0. The van der Waals surface area contributed by atoms with Gasteiger partial charge < -0.3 is 19.9 Å². The van der Waals surface area contributed by atoms with Gasteiger partial charge in [0.15, 0.2) is 0 Å². The lowest BCUT2D eigenvalue weighted by Crippen LogP contribution is -2.42. The summed E-state index contributed by atoms with van der Waals surface area (Å²) in [6.07, 6.45) is 2.29. The first-order valence-electron chi connectivity index (χ1n) is 4.97. The summed E-state index contributed by atoms with van der Waals surface area (Å²) in [4.78, 5) is 0. The summed E-state index contributed by atoms with van der Waals surface area (Å²) in [6, 6.07) is 0.101. The highest BCUT2D eigenvalue weighted by atomic mass is 16.5. The maximum Gasteiger partial charge on any atom is 0.0948 e. The molecule has 2 saturated heterocycles. The number of aliphatic hydroxyl groups excluding tert-OH is 1. The number of nitrogens with one attached hydrogen (secondary N) is 1. The van der Waals surface area contributed by atoms with Gasteiger partial charge in [0.1, 0.15) is 0 Å². The smallest absolute Gasteiger partial charge is 0.0948 e. The SMILES string of the molecule is O[C@@H]1COC[C@H]1NCC1CCCO1. The van der Waals surface area contributed by atoms with Crippen LogP contribution >= 0.6 is 0 Å². The molecule has 0 aliphatic carbocycles. The van der Waals surface area contributed by atoms with E-state index >= 15 is 0 Å². The van der Waals surface area contributed by atoms with Gasteiger partial charge in [0.05, 0.1) is 31.5 Å². The van der Waals surface area contributed by atoms with Crippen LogP contribution in [0.4, 0.5) is 0 Å². The highest BCUT2D eigenvalue weighted by Crippen LogP contribution is 2.12. The molecule has 2 aliphatic rings. The van der Waals surface area contributed by atoms with E-state index in [-0.39, 0.29) is 12.1 Å². The van der Waals surface area contributed by atoms with E-state index in [1.807, 2.05) is 0 Å². The van der Waals surface area contributed by atoms with Crippen LogP contribution in [0.2, 0.25) is 0 Å². The summed E-state index contributed by atoms with van der Waals surface area (Å²) in [5.41, 5.74) is 0. The van der Waals surface area contributed by atoms with Crippen molar-refractivity contribution in [3.8, 4) is 0 Å². The Labute approximate surface area is 78.2 Å². The van der Waals surface area contributed by atoms with Gasteiger partial charge in [-0.3, -0.25) is 0 Å². The summed E-state index contributed by atoms with van der Waals surface area (Å²) >= 11 is 0. The fourth-order valence-electron chi connectivity index (χ4n) is 1.83. The van der Waals surface area contributed by atoms with Crippen LogP contribution in [-0.4, -0.2) is 49.7 Å². The molecule has 0 saturated carbocycles. The highest BCUT2D eigenvalue weighted by Gasteiger charge is 2.26. The summed E-state index contributed by atoms with van der Waals surface area (Å²) in [6.45, 7) is 2.80. The van der Waals surface area contributed by atoms with Crippen LogP contribution in [0.1, 0.15) is 12.8 Å². The van der Waals surface area contributed by atoms with Crippen LogP contribution in [0.15, 0.2) is 0 Å². The molecular weight excluding hydrogens is 170 g/mol. The quantitative estimate of drug-likeness (QED) is 0.626. The van der Waals surface area contributed by atoms with E-state index in [0.29, 0.717) is 19.3 Å². The standard InChI is InChI=1S/C9H17NO3/c11-9-6-12-5-8(9)10-4-7-2-1-3-13-7/h7-11H,1-6H2/t7?,8-,9-/m1/s1. The molecular formula is C9H17NO3. The Morgan fingerprint density at radius 2 is 2.31 bits per heavy atom. The van der Waals surface area contributed by atoms with Gasteiger partial charge in [-0.2, -0.15) is 0 Å². The molecule has 13 heavy (non-hydrogen) atoms. The number of aliphatic hydroxyl groups is 1. The Balaban J connectivity index is 1.66. The average molecular weight is 187 g/mol. The zero-order valence-corrected chi connectivity index (χ0v) is 7.74. The van der Waals surface area contributed by atoms with Crippen LogP contribution in [0.3, 0.4) is 0 Å². The predicted octanol–water partition coefficient (Wildman–Crippen LogP) is -0.485. The van der Waals surface area contributed by atoms with Gasteiger partial charge >= 0.3 is 0 Å². The number of rotatable bonds is 3. The van der Waals surface area contributed by atoms with Crippen molar-refractivity contribution in [2.45, 2.75) is 31.1 Å². The van der Waals surface area contributed by atoms with Crippen molar-refractivity contribution < 1.29 is 14.6 Å². The molecule has 0 aromatic carbocycles. The second kappa shape index (κ2) is 4.37. The van der Waals surface area contributed by atoms with Crippen molar-refractivity contribution in [3.05, 3.63) is 0 Å². The van der Waals surface area contributed by atoms with Crippen LogP contribution in [0.25, 0.3) is 0 Å². The van der Waals surface area contributed by atoms with E-state index < -0.39 is 0 Å². The molecule has 0 amide bonds. The third kappa shape index (κ3) is 2.40. The van der Waals surface area contributed by atoms with Crippen LogP contribution in [0.5, 0.6) is 0 Å². The van der Waals surface area contributed by atoms with Gasteiger partial charge in [-0.05, 0) is 12.8 Å². The zero-order valence-electron chi connectivity index (χ0n) is 7.74. The van der Waals surface area contributed by atoms with Gasteiger partial charge in [0, 0.05) is 13.2 Å². The largest absolute Gasteiger partial charge is 0.389 e. The molecule has 0 aromatic rings. The normalized spacial score (nSPS) is 39.9. The topological polar surface area (TPSA) is 50.7 Å². The lowest BCUT2D eigenvalue weighted by molar-refractivity contribution is 0.0973. The van der Waals surface area contributed by atoms with Crippen molar-refractivity contribution in [1.29, 1.82) is 0 Å². The van der Waals surface area contributed by atoms with Gasteiger partial charge in [-0.25, -0.2) is 0 Å². The summed E-state index contributed by atoms with van der Waals surface area (Å²) in [5, 5.41) is 12.7. The molecule has 0 spiro atoms. The Morgan fingerprint density at radius 1 is 1.38 bits per heavy atom. The number of hydrogen-bond donors (Lipinski definition) is 2. The minimum Gasteiger partial charge on any atom is -0.389 e. The van der Waals surface area contributed by atoms with E-state index in [1.165, 1.54) is 0 Å². The third-order valence-electron chi connectivity index (χ3n) is 2.68. The van der Waals surface area contributed by atoms with Crippen LogP contribution < -0.4 is 5.32 Å². The van der Waals surface area contributed by atoms with Crippen molar-refractivity contribution in [1.82, 2.24) is 5.32 Å². The maximum absolute atomic E-state index is 9.43. The second-order valence-electron chi connectivity index (χ2n) is 3.75. The molecule has 0 bridgehead atoms. The molecule has 2 aliphatic heterocycles. The molecule has 0 radical (unpaired) electrons. The molecule has 2 fully saturated rings. The van der Waals surface area contributed by atoms with E-state index in [0.717, 1.165) is 26.0 Å². The minimum absolute atomic E-state index is 0.101. The number of hydrogen-bond acceptors (Lipinski definition) is 4. The van der Waals surface area contributed by atoms with Crippen molar-refractivity contribution in [2.75, 3.05) is 26.4 Å². The first-order valence-corrected chi connectivity index (χ1v) is 4.97. The lowest BCUT2D eigenvalue weighted by atomic mass is 10.2. The van der Waals surface area contributed by atoms with Gasteiger partial charge in [0.25, 0.3) is 0 Å². The molecule has 4 heteroatoms. The Morgan fingerprint density at radius 3 is 2.92 bits per heavy atom. The first kappa shape index (κ1) is 9.40. The highest BCUT2D eigenvalue weighted by molar-refractivity contribution is 4.82. The molecule has 0 aromatic heterocycles.